The van der Waals surface area contributed by atoms with Gasteiger partial charge in [-0.1, -0.05) is 32.6 Å². The first-order valence-corrected chi connectivity index (χ1v) is 6.73. The van der Waals surface area contributed by atoms with Crippen LogP contribution in [0.25, 0.3) is 0 Å². The smallest absolute Gasteiger partial charge is 0.341 e. The topological polar surface area (TPSA) is 69.7 Å². The van der Waals surface area contributed by atoms with Crippen LogP contribution in [-0.2, 0) is 23.9 Å². The highest BCUT2D eigenvalue weighted by Gasteiger charge is 2.13. The number of unbranched alkanes of at least 4 members (excludes halogenated alkanes) is 1. The van der Waals surface area contributed by atoms with Crippen molar-refractivity contribution in [3.63, 3.8) is 0 Å². The molecule has 0 N–H and O–H groups in total. The SMILES string of the molecule is C=C(C)C(=O)OC(=O)C(C)=CCC(=C)C(=O)OCCCC. The number of hydrogen-bond donors (Lipinski definition) is 0. The van der Waals surface area contributed by atoms with Crippen LogP contribution in [0.1, 0.15) is 40.0 Å². The van der Waals surface area contributed by atoms with Gasteiger partial charge in [0.05, 0.1) is 6.61 Å². The monoisotopic (exact) mass is 294 g/mol. The Kier molecular flexibility index (Phi) is 8.69. The molecule has 0 aliphatic carbocycles. The minimum atomic E-state index is -0.773. The predicted molar refractivity (Wildman–Crippen MR) is 79.3 cm³/mol. The third kappa shape index (κ3) is 7.87. The predicted octanol–water partition coefficient (Wildman–Crippen LogP) is 2.87. The maximum atomic E-state index is 11.6. The molecule has 0 atom stereocenters. The summed E-state index contributed by atoms with van der Waals surface area (Å²) in [7, 11) is 0. The van der Waals surface area contributed by atoms with Gasteiger partial charge in [-0.05, 0) is 26.7 Å². The molecule has 0 heterocycles. The van der Waals surface area contributed by atoms with E-state index in [1.54, 1.807) is 0 Å². The van der Waals surface area contributed by atoms with Crippen LogP contribution >= 0.6 is 0 Å². The summed E-state index contributed by atoms with van der Waals surface area (Å²) >= 11 is 0. The van der Waals surface area contributed by atoms with Gasteiger partial charge in [0.25, 0.3) is 0 Å². The van der Waals surface area contributed by atoms with Crippen LogP contribution < -0.4 is 0 Å². The molecule has 0 aliphatic heterocycles. The minimum Gasteiger partial charge on any atom is -0.462 e. The number of esters is 3. The van der Waals surface area contributed by atoms with Crippen LogP contribution in [-0.4, -0.2) is 24.5 Å². The third-order valence-electron chi connectivity index (χ3n) is 2.53. The molecule has 0 aromatic carbocycles. The second-order valence-electron chi connectivity index (χ2n) is 4.64. The highest BCUT2D eigenvalue weighted by atomic mass is 16.6. The summed E-state index contributed by atoms with van der Waals surface area (Å²) in [4.78, 5) is 34.3. The highest BCUT2D eigenvalue weighted by molar-refractivity contribution is 6.01. The molecular weight excluding hydrogens is 272 g/mol. The minimum absolute atomic E-state index is 0.139. The quantitative estimate of drug-likeness (QED) is 0.298. The molecule has 0 fully saturated rings. The normalized spacial score (nSPS) is 10.7. The molecule has 21 heavy (non-hydrogen) atoms. The van der Waals surface area contributed by atoms with Gasteiger partial charge in [-0.25, -0.2) is 14.4 Å². The molecule has 0 aromatic rings. The Balaban J connectivity index is 4.35. The molecule has 0 unspecified atom stereocenters. The van der Waals surface area contributed by atoms with Gasteiger partial charge in [-0.15, -0.1) is 0 Å². The van der Waals surface area contributed by atoms with E-state index in [1.807, 2.05) is 6.92 Å². The van der Waals surface area contributed by atoms with E-state index in [2.05, 4.69) is 17.9 Å². The Morgan fingerprint density at radius 2 is 1.67 bits per heavy atom. The molecule has 0 saturated carbocycles. The van der Waals surface area contributed by atoms with Crippen LogP contribution in [0, 0.1) is 0 Å². The van der Waals surface area contributed by atoms with Crippen LogP contribution in [0.2, 0.25) is 0 Å². The summed E-state index contributed by atoms with van der Waals surface area (Å²) in [5.74, 6) is -2.03. The second kappa shape index (κ2) is 9.69. The fourth-order valence-corrected chi connectivity index (χ4v) is 1.11. The van der Waals surface area contributed by atoms with Crippen molar-refractivity contribution in [3.05, 3.63) is 36.0 Å². The molecule has 0 rings (SSSR count). The van der Waals surface area contributed by atoms with Crippen molar-refractivity contribution < 1.29 is 23.9 Å². The van der Waals surface area contributed by atoms with Crippen LogP contribution in [0.15, 0.2) is 36.0 Å². The molecule has 0 saturated heterocycles. The molecule has 0 amide bonds. The van der Waals surface area contributed by atoms with Crippen LogP contribution in [0.5, 0.6) is 0 Å². The molecular formula is C16H22O5. The maximum Gasteiger partial charge on any atom is 0.341 e. The summed E-state index contributed by atoms with van der Waals surface area (Å²) < 4.78 is 9.54. The van der Waals surface area contributed by atoms with Gasteiger partial charge in [0.2, 0.25) is 0 Å². The summed E-state index contributed by atoms with van der Waals surface area (Å²) in [6.07, 6.45) is 3.36. The summed E-state index contributed by atoms with van der Waals surface area (Å²) in [6, 6.07) is 0. The summed E-state index contributed by atoms with van der Waals surface area (Å²) in [5.41, 5.74) is 0.594. The lowest BCUT2D eigenvalue weighted by atomic mass is 10.1. The van der Waals surface area contributed by atoms with Crippen molar-refractivity contribution in [2.24, 2.45) is 0 Å². The highest BCUT2D eigenvalue weighted by Crippen LogP contribution is 2.08. The molecule has 0 spiro atoms. The molecule has 0 bridgehead atoms. The van der Waals surface area contributed by atoms with Gasteiger partial charge >= 0.3 is 17.9 Å². The Bertz CT molecular complexity index is 471. The molecule has 5 heteroatoms. The average Bonchev–Trinajstić information content (AvgIpc) is 2.43. The Morgan fingerprint density at radius 1 is 1.05 bits per heavy atom. The fraction of sp³-hybridized carbons (Fsp3) is 0.438. The number of rotatable bonds is 8. The largest absolute Gasteiger partial charge is 0.462 e. The average molecular weight is 294 g/mol. The number of carbonyl (C=O) groups excluding carboxylic acids is 3. The number of ether oxygens (including phenoxy) is 2. The first-order chi connectivity index (χ1) is 9.79. The number of hydrogen-bond acceptors (Lipinski definition) is 5. The first-order valence-electron chi connectivity index (χ1n) is 6.73. The van der Waals surface area contributed by atoms with E-state index >= 15 is 0 Å². The third-order valence-corrected chi connectivity index (χ3v) is 2.53. The summed E-state index contributed by atoms with van der Waals surface area (Å²) in [5, 5.41) is 0. The summed E-state index contributed by atoms with van der Waals surface area (Å²) in [6.45, 7) is 12.3. The molecule has 0 aliphatic rings. The van der Waals surface area contributed by atoms with E-state index in [1.165, 1.54) is 19.9 Å². The lowest BCUT2D eigenvalue weighted by Gasteiger charge is -2.05. The molecule has 116 valence electrons. The van der Waals surface area contributed by atoms with E-state index in [9.17, 15) is 14.4 Å². The van der Waals surface area contributed by atoms with Gasteiger partial charge in [-0.2, -0.15) is 0 Å². The lowest BCUT2D eigenvalue weighted by molar-refractivity contribution is -0.154. The second-order valence-corrected chi connectivity index (χ2v) is 4.64. The molecule has 0 radical (unpaired) electrons. The number of allylic oxidation sites excluding steroid dienone is 1. The van der Waals surface area contributed by atoms with Gasteiger partial charge < -0.3 is 9.47 Å². The Labute approximate surface area is 125 Å². The van der Waals surface area contributed by atoms with Crippen molar-refractivity contribution in [3.8, 4) is 0 Å². The standard InChI is InChI=1S/C16H22O5/c1-6-7-10-20-15(18)12(4)8-9-13(5)16(19)21-14(17)11(2)3/h9H,2,4,6-8,10H2,1,3,5H3. The van der Waals surface area contributed by atoms with Crippen molar-refractivity contribution >= 4 is 17.9 Å². The van der Waals surface area contributed by atoms with Gasteiger partial charge in [-0.3, -0.25) is 0 Å². The van der Waals surface area contributed by atoms with Crippen molar-refractivity contribution in [1.29, 1.82) is 0 Å². The van der Waals surface area contributed by atoms with Crippen molar-refractivity contribution in [2.75, 3.05) is 6.61 Å². The van der Waals surface area contributed by atoms with E-state index in [0.29, 0.717) is 6.61 Å². The van der Waals surface area contributed by atoms with E-state index < -0.39 is 17.9 Å². The van der Waals surface area contributed by atoms with E-state index in [-0.39, 0.29) is 23.1 Å². The van der Waals surface area contributed by atoms with Crippen molar-refractivity contribution in [1.82, 2.24) is 0 Å². The maximum absolute atomic E-state index is 11.6. The van der Waals surface area contributed by atoms with Gasteiger partial charge in [0.15, 0.2) is 0 Å². The van der Waals surface area contributed by atoms with Crippen LogP contribution in [0.4, 0.5) is 0 Å². The van der Waals surface area contributed by atoms with Gasteiger partial charge in [0, 0.05) is 16.7 Å². The number of carbonyl (C=O) groups is 3. The zero-order valence-corrected chi connectivity index (χ0v) is 12.9. The Morgan fingerprint density at radius 3 is 2.19 bits per heavy atom. The van der Waals surface area contributed by atoms with Crippen LogP contribution in [0.3, 0.4) is 0 Å². The molecule has 0 aromatic heterocycles. The van der Waals surface area contributed by atoms with Gasteiger partial charge in [0.1, 0.15) is 0 Å². The Hall–Kier alpha value is -2.17. The molecule has 5 nitrogen and oxygen atoms in total. The zero-order valence-electron chi connectivity index (χ0n) is 12.9. The van der Waals surface area contributed by atoms with E-state index in [4.69, 9.17) is 4.74 Å². The lowest BCUT2D eigenvalue weighted by Crippen LogP contribution is -2.14. The zero-order chi connectivity index (χ0) is 16.4. The fourth-order valence-electron chi connectivity index (χ4n) is 1.11. The first kappa shape index (κ1) is 18.8. The van der Waals surface area contributed by atoms with Crippen molar-refractivity contribution in [2.45, 2.75) is 40.0 Å². The van der Waals surface area contributed by atoms with E-state index in [0.717, 1.165) is 12.8 Å².